The minimum absolute atomic E-state index is 1.45. The number of hydrogen-bond donors (Lipinski definition) is 0. The van der Waals surface area contributed by atoms with Gasteiger partial charge in [0.25, 0.3) is 0 Å². The molecular weight excluding hydrogens is 340 g/mol. The third kappa shape index (κ3) is 2.88. The first-order chi connectivity index (χ1) is 9.45. The molecule has 0 fully saturated rings. The third-order valence-electron chi connectivity index (χ3n) is 2.95. The second-order valence-corrected chi connectivity index (χ2v) is 10.5. The van der Waals surface area contributed by atoms with E-state index < -0.39 is 20.2 Å². The fraction of sp³-hybridized carbons (Fsp3) is 0. The molecule has 0 unspecified atom stereocenters. The second-order valence-electron chi connectivity index (χ2n) is 4.21. The number of aromatic nitrogens is 1. The first-order valence-corrected chi connectivity index (χ1v) is 10.1. The van der Waals surface area contributed by atoms with E-state index in [1.807, 2.05) is 12.4 Å². The summed E-state index contributed by atoms with van der Waals surface area (Å²) in [6.07, 6.45) is 3.80. The quantitative estimate of drug-likeness (QED) is 0.652. The molecule has 0 spiro atoms. The molecule has 0 saturated heterocycles. The summed E-state index contributed by atoms with van der Waals surface area (Å²) in [6.45, 7) is 0. The molecule has 1 nitrogen and oxygen atoms in total. The summed E-state index contributed by atoms with van der Waals surface area (Å²) in [5.41, 5.74) is 0. The molecule has 0 amide bonds. The molecule has 0 atom stereocenters. The van der Waals surface area contributed by atoms with Crippen molar-refractivity contribution in [3.8, 4) is 0 Å². The maximum absolute atomic E-state index is 4.14. The maximum atomic E-state index is 4.14. The Labute approximate surface area is 120 Å². The van der Waals surface area contributed by atoms with E-state index in [9.17, 15) is 0 Å². The normalized spacial score (nSPS) is 10.6. The van der Waals surface area contributed by atoms with Crippen LogP contribution in [0.4, 0.5) is 0 Å². The van der Waals surface area contributed by atoms with Crippen LogP contribution in [0.15, 0.2) is 85.2 Å². The van der Waals surface area contributed by atoms with Crippen molar-refractivity contribution in [2.45, 2.75) is 0 Å². The Morgan fingerprint density at radius 2 is 0.947 bits per heavy atom. The Kier molecular flexibility index (Phi) is 3.95. The van der Waals surface area contributed by atoms with Crippen LogP contribution in [-0.4, -0.2) is 25.2 Å². The first-order valence-electron chi connectivity index (χ1n) is 6.25. The van der Waals surface area contributed by atoms with Crippen LogP contribution >= 0.6 is 0 Å². The number of nitrogens with zero attached hydrogens (tertiary/aromatic N) is 1. The van der Waals surface area contributed by atoms with Gasteiger partial charge in [-0.25, -0.2) is 0 Å². The third-order valence-corrected chi connectivity index (χ3v) is 9.92. The van der Waals surface area contributed by atoms with E-state index >= 15 is 0 Å². The summed E-state index contributed by atoms with van der Waals surface area (Å²) >= 11 is -1.87. The summed E-state index contributed by atoms with van der Waals surface area (Å²) < 4.78 is 4.43. The van der Waals surface area contributed by atoms with E-state index in [1.165, 1.54) is 10.5 Å². The molecule has 0 radical (unpaired) electrons. The molecule has 1 aromatic heterocycles. The first kappa shape index (κ1) is 12.4. The molecule has 92 valence electrons. The zero-order valence-corrected chi connectivity index (χ0v) is 13.0. The van der Waals surface area contributed by atoms with Gasteiger partial charge in [-0.15, -0.1) is 0 Å². The summed E-state index contributed by atoms with van der Waals surface area (Å²) in [7, 11) is 0. The van der Waals surface area contributed by atoms with Crippen LogP contribution in [0.1, 0.15) is 0 Å². The Morgan fingerprint density at radius 1 is 0.526 bits per heavy atom. The van der Waals surface area contributed by atoms with Crippen molar-refractivity contribution in [1.82, 2.24) is 4.98 Å². The van der Waals surface area contributed by atoms with Crippen molar-refractivity contribution >= 4 is 30.7 Å². The molecule has 3 rings (SSSR count). The van der Waals surface area contributed by atoms with Crippen LogP contribution in [0.5, 0.6) is 0 Å². The van der Waals surface area contributed by atoms with Gasteiger partial charge in [-0.2, -0.15) is 0 Å². The predicted molar refractivity (Wildman–Crippen MR) is 81.8 cm³/mol. The molecule has 0 aliphatic heterocycles. The van der Waals surface area contributed by atoms with Crippen LogP contribution in [0.2, 0.25) is 0 Å². The van der Waals surface area contributed by atoms with Crippen LogP contribution in [0.25, 0.3) is 0 Å². The molecular formula is C17H14NSb. The average molecular weight is 354 g/mol. The predicted octanol–water partition coefficient (Wildman–Crippen LogP) is 1.60. The van der Waals surface area contributed by atoms with E-state index in [-0.39, 0.29) is 0 Å². The van der Waals surface area contributed by atoms with Gasteiger partial charge >= 0.3 is 121 Å². The van der Waals surface area contributed by atoms with Crippen molar-refractivity contribution < 1.29 is 0 Å². The topological polar surface area (TPSA) is 12.9 Å². The molecule has 2 aromatic carbocycles. The SMILES string of the molecule is c1cc[c]([Sb]([c]2ccccc2)[c]2ccncc2)cc1. The van der Waals surface area contributed by atoms with Gasteiger partial charge in [0, 0.05) is 0 Å². The van der Waals surface area contributed by atoms with Gasteiger partial charge in [0.2, 0.25) is 0 Å². The van der Waals surface area contributed by atoms with Gasteiger partial charge in [-0.3, -0.25) is 0 Å². The Bertz CT molecular complexity index is 529. The van der Waals surface area contributed by atoms with E-state index in [0.29, 0.717) is 0 Å². The fourth-order valence-corrected chi connectivity index (χ4v) is 8.56. The number of benzene rings is 2. The second kappa shape index (κ2) is 6.03. The fourth-order valence-electron chi connectivity index (χ4n) is 2.09. The van der Waals surface area contributed by atoms with Crippen LogP contribution in [-0.2, 0) is 0 Å². The molecule has 19 heavy (non-hydrogen) atoms. The molecule has 0 N–H and O–H groups in total. The van der Waals surface area contributed by atoms with Crippen molar-refractivity contribution in [2.75, 3.05) is 0 Å². The number of hydrogen-bond acceptors (Lipinski definition) is 1. The summed E-state index contributed by atoms with van der Waals surface area (Å²) in [5.74, 6) is 0. The van der Waals surface area contributed by atoms with Crippen LogP contribution in [0, 0.1) is 0 Å². The summed E-state index contributed by atoms with van der Waals surface area (Å²) in [5, 5.41) is 0. The van der Waals surface area contributed by atoms with Crippen molar-refractivity contribution in [3.05, 3.63) is 85.2 Å². The zero-order valence-electron chi connectivity index (χ0n) is 10.5. The van der Waals surface area contributed by atoms with Gasteiger partial charge in [-0.05, 0) is 0 Å². The van der Waals surface area contributed by atoms with Crippen LogP contribution in [0.3, 0.4) is 0 Å². The molecule has 0 aliphatic rings. The van der Waals surface area contributed by atoms with Gasteiger partial charge in [0.05, 0.1) is 0 Å². The average Bonchev–Trinajstić information content (AvgIpc) is 2.51. The van der Waals surface area contributed by atoms with Crippen molar-refractivity contribution in [1.29, 1.82) is 0 Å². The van der Waals surface area contributed by atoms with Crippen LogP contribution < -0.4 is 10.5 Å². The summed E-state index contributed by atoms with van der Waals surface area (Å²) in [6, 6.07) is 26.1. The zero-order chi connectivity index (χ0) is 12.9. The van der Waals surface area contributed by atoms with Gasteiger partial charge in [-0.1, -0.05) is 0 Å². The van der Waals surface area contributed by atoms with Crippen molar-refractivity contribution in [2.24, 2.45) is 0 Å². The molecule has 0 aliphatic carbocycles. The van der Waals surface area contributed by atoms with E-state index in [0.717, 1.165) is 0 Å². The Morgan fingerprint density at radius 3 is 1.42 bits per heavy atom. The van der Waals surface area contributed by atoms with E-state index in [1.54, 1.807) is 0 Å². The molecule has 0 saturated carbocycles. The molecule has 0 bridgehead atoms. The van der Waals surface area contributed by atoms with Crippen molar-refractivity contribution in [3.63, 3.8) is 0 Å². The van der Waals surface area contributed by atoms with Gasteiger partial charge in [0.1, 0.15) is 0 Å². The van der Waals surface area contributed by atoms with E-state index in [2.05, 4.69) is 77.8 Å². The standard InChI is InChI=1S/2C6H5.C5H4N.Sb/c3*1-2-4-6-5-3-1;/h2*1-5H;2-5H;. The molecule has 2 heteroatoms. The minimum atomic E-state index is -1.87. The molecule has 1 heterocycles. The Balaban J connectivity index is 2.12. The Hall–Kier alpha value is -1.59. The van der Waals surface area contributed by atoms with Gasteiger partial charge in [0.15, 0.2) is 0 Å². The number of rotatable bonds is 3. The van der Waals surface area contributed by atoms with Gasteiger partial charge < -0.3 is 0 Å². The monoisotopic (exact) mass is 353 g/mol. The summed E-state index contributed by atoms with van der Waals surface area (Å²) in [4.78, 5) is 4.14. The number of pyridine rings is 1. The molecule has 3 aromatic rings. The van der Waals surface area contributed by atoms with E-state index in [4.69, 9.17) is 0 Å².